The normalized spacial score (nSPS) is 24.7. The van der Waals surface area contributed by atoms with Crippen molar-refractivity contribution in [1.29, 1.82) is 0 Å². The number of rotatable bonds is 3. The van der Waals surface area contributed by atoms with Gasteiger partial charge in [-0.05, 0) is 29.8 Å². The molecule has 0 bridgehead atoms. The van der Waals surface area contributed by atoms with Gasteiger partial charge in [0.05, 0.1) is 17.8 Å². The summed E-state index contributed by atoms with van der Waals surface area (Å²) in [6, 6.07) is 7.57. The minimum atomic E-state index is -0.143. The van der Waals surface area contributed by atoms with Crippen LogP contribution in [0.4, 0.5) is 0 Å². The van der Waals surface area contributed by atoms with Gasteiger partial charge in [-0.2, -0.15) is 0 Å². The summed E-state index contributed by atoms with van der Waals surface area (Å²) in [5, 5.41) is 2.98. The second-order valence-corrected chi connectivity index (χ2v) is 5.10. The van der Waals surface area contributed by atoms with Crippen molar-refractivity contribution in [2.45, 2.75) is 19.1 Å². The van der Waals surface area contributed by atoms with E-state index >= 15 is 0 Å². The van der Waals surface area contributed by atoms with Gasteiger partial charge in [0.25, 0.3) is 5.91 Å². The highest BCUT2D eigenvalue weighted by Crippen LogP contribution is 2.26. The van der Waals surface area contributed by atoms with Crippen LogP contribution >= 0.6 is 0 Å². The smallest absolute Gasteiger partial charge is 0.254 e. The minimum absolute atomic E-state index is 0.132. The number of pyridine rings is 2. The monoisotopic (exact) mass is 283 g/mol. The Bertz CT molecular complexity index is 604. The Kier molecular flexibility index (Phi) is 3.89. The molecule has 3 N–H and O–H groups in total. The lowest BCUT2D eigenvalue weighted by molar-refractivity contribution is 0.0922. The molecule has 1 aliphatic heterocycles. The van der Waals surface area contributed by atoms with Crippen molar-refractivity contribution in [3.8, 4) is 0 Å². The highest BCUT2D eigenvalue weighted by molar-refractivity contribution is 5.94. The van der Waals surface area contributed by atoms with Crippen molar-refractivity contribution < 1.29 is 4.79 Å². The van der Waals surface area contributed by atoms with E-state index in [2.05, 4.69) is 33.1 Å². The molecule has 2 aromatic rings. The number of hydrogen-bond donors (Lipinski definition) is 3. The summed E-state index contributed by atoms with van der Waals surface area (Å²) >= 11 is 0. The van der Waals surface area contributed by atoms with Crippen molar-refractivity contribution in [1.82, 2.24) is 26.1 Å². The SMILES string of the molecule is CC1C(NC(=O)c2cccnc2)NNC1c1ccncc1. The van der Waals surface area contributed by atoms with Gasteiger partial charge < -0.3 is 5.32 Å². The van der Waals surface area contributed by atoms with Gasteiger partial charge in [-0.15, -0.1) is 0 Å². The van der Waals surface area contributed by atoms with Crippen LogP contribution in [0.15, 0.2) is 49.1 Å². The van der Waals surface area contributed by atoms with Crippen LogP contribution in [0.5, 0.6) is 0 Å². The largest absolute Gasteiger partial charge is 0.335 e. The molecule has 1 fully saturated rings. The van der Waals surface area contributed by atoms with Gasteiger partial charge >= 0.3 is 0 Å². The zero-order valence-electron chi connectivity index (χ0n) is 11.7. The molecule has 6 heteroatoms. The van der Waals surface area contributed by atoms with Crippen LogP contribution in [0.25, 0.3) is 0 Å². The molecule has 0 radical (unpaired) electrons. The number of amides is 1. The van der Waals surface area contributed by atoms with Crippen molar-refractivity contribution in [2.75, 3.05) is 0 Å². The minimum Gasteiger partial charge on any atom is -0.335 e. The lowest BCUT2D eigenvalue weighted by Crippen LogP contribution is -2.46. The quantitative estimate of drug-likeness (QED) is 0.784. The molecular weight excluding hydrogens is 266 g/mol. The Hall–Kier alpha value is -2.31. The number of carbonyl (C=O) groups is 1. The predicted molar refractivity (Wildman–Crippen MR) is 77.9 cm³/mol. The Morgan fingerprint density at radius 3 is 2.67 bits per heavy atom. The van der Waals surface area contributed by atoms with Crippen LogP contribution in [0.1, 0.15) is 28.9 Å². The fourth-order valence-electron chi connectivity index (χ4n) is 2.48. The topological polar surface area (TPSA) is 78.9 Å². The van der Waals surface area contributed by atoms with Gasteiger partial charge in [0.15, 0.2) is 0 Å². The number of nitrogens with one attached hydrogen (secondary N) is 3. The summed E-state index contributed by atoms with van der Waals surface area (Å²) in [7, 11) is 0. The molecule has 6 nitrogen and oxygen atoms in total. The van der Waals surface area contributed by atoms with Gasteiger partial charge in [0.2, 0.25) is 0 Å². The van der Waals surface area contributed by atoms with E-state index in [1.165, 1.54) is 0 Å². The van der Waals surface area contributed by atoms with Crippen molar-refractivity contribution in [3.63, 3.8) is 0 Å². The molecule has 0 aliphatic carbocycles. The maximum Gasteiger partial charge on any atom is 0.254 e. The summed E-state index contributed by atoms with van der Waals surface area (Å²) in [4.78, 5) is 20.1. The van der Waals surface area contributed by atoms with Crippen molar-refractivity contribution in [3.05, 3.63) is 60.2 Å². The van der Waals surface area contributed by atoms with E-state index in [0.717, 1.165) is 5.56 Å². The molecule has 3 rings (SSSR count). The predicted octanol–water partition coefficient (Wildman–Crippen LogP) is 1.02. The van der Waals surface area contributed by atoms with E-state index in [1.54, 1.807) is 36.9 Å². The van der Waals surface area contributed by atoms with Crippen LogP contribution in [0, 0.1) is 5.92 Å². The molecule has 2 aromatic heterocycles. The van der Waals surface area contributed by atoms with E-state index in [9.17, 15) is 4.79 Å². The van der Waals surface area contributed by atoms with Crippen LogP contribution in [-0.4, -0.2) is 22.0 Å². The molecule has 21 heavy (non-hydrogen) atoms. The summed E-state index contributed by atoms with van der Waals surface area (Å²) in [6.45, 7) is 2.09. The molecule has 1 amide bonds. The molecule has 108 valence electrons. The average molecular weight is 283 g/mol. The maximum atomic E-state index is 12.2. The third-order valence-corrected chi connectivity index (χ3v) is 3.72. The van der Waals surface area contributed by atoms with Crippen molar-refractivity contribution in [2.24, 2.45) is 5.92 Å². The van der Waals surface area contributed by atoms with Gasteiger partial charge in [-0.3, -0.25) is 14.8 Å². The summed E-state index contributed by atoms with van der Waals surface area (Å²) in [5.41, 5.74) is 8.05. The van der Waals surface area contributed by atoms with Crippen LogP contribution in [-0.2, 0) is 0 Å². The maximum absolute atomic E-state index is 12.2. The Labute approximate surface area is 123 Å². The van der Waals surface area contributed by atoms with Crippen LogP contribution in [0.2, 0.25) is 0 Å². The van der Waals surface area contributed by atoms with Crippen LogP contribution < -0.4 is 16.2 Å². The van der Waals surface area contributed by atoms with E-state index in [-0.39, 0.29) is 24.0 Å². The summed E-state index contributed by atoms with van der Waals surface area (Å²) in [5.74, 6) is 0.0673. The molecule has 0 spiro atoms. The third kappa shape index (κ3) is 2.91. The first-order chi connectivity index (χ1) is 10.3. The average Bonchev–Trinajstić information content (AvgIpc) is 2.90. The Morgan fingerprint density at radius 2 is 1.95 bits per heavy atom. The molecule has 3 heterocycles. The molecule has 1 saturated heterocycles. The fourth-order valence-corrected chi connectivity index (χ4v) is 2.48. The first kappa shape index (κ1) is 13.7. The molecular formula is C15H17N5O. The summed E-state index contributed by atoms with van der Waals surface area (Å²) in [6.07, 6.45) is 6.60. The van der Waals surface area contributed by atoms with Gasteiger partial charge in [0, 0.05) is 30.7 Å². The fraction of sp³-hybridized carbons (Fsp3) is 0.267. The van der Waals surface area contributed by atoms with Gasteiger partial charge in [-0.25, -0.2) is 10.9 Å². The molecule has 3 atom stereocenters. The Balaban J connectivity index is 1.67. The Morgan fingerprint density at radius 1 is 1.14 bits per heavy atom. The first-order valence-corrected chi connectivity index (χ1v) is 6.87. The van der Waals surface area contributed by atoms with E-state index in [4.69, 9.17) is 0 Å². The van der Waals surface area contributed by atoms with E-state index in [0.29, 0.717) is 5.56 Å². The van der Waals surface area contributed by atoms with Crippen molar-refractivity contribution >= 4 is 5.91 Å². The number of hydrogen-bond acceptors (Lipinski definition) is 5. The molecule has 1 aliphatic rings. The van der Waals surface area contributed by atoms with Gasteiger partial charge in [-0.1, -0.05) is 6.92 Å². The number of aromatic nitrogens is 2. The highest BCUT2D eigenvalue weighted by Gasteiger charge is 2.34. The zero-order valence-corrected chi connectivity index (χ0v) is 11.7. The second kappa shape index (κ2) is 5.99. The number of nitrogens with zero attached hydrogens (tertiary/aromatic N) is 2. The third-order valence-electron chi connectivity index (χ3n) is 3.72. The second-order valence-electron chi connectivity index (χ2n) is 5.10. The van der Waals surface area contributed by atoms with E-state index in [1.807, 2.05) is 12.1 Å². The number of hydrazine groups is 1. The summed E-state index contributed by atoms with van der Waals surface area (Å²) < 4.78 is 0. The first-order valence-electron chi connectivity index (χ1n) is 6.87. The molecule has 0 saturated carbocycles. The zero-order chi connectivity index (χ0) is 14.7. The number of carbonyl (C=O) groups excluding carboxylic acids is 1. The lowest BCUT2D eigenvalue weighted by Gasteiger charge is -2.19. The standard InChI is InChI=1S/C15H17N5O/c1-10-13(11-4-7-16-8-5-11)19-20-14(10)18-15(21)12-3-2-6-17-9-12/h2-10,13-14,19-20H,1H3,(H,18,21). The lowest BCUT2D eigenvalue weighted by atomic mass is 9.95. The highest BCUT2D eigenvalue weighted by atomic mass is 16.1. The van der Waals surface area contributed by atoms with Crippen LogP contribution in [0.3, 0.4) is 0 Å². The molecule has 3 unspecified atom stereocenters. The van der Waals surface area contributed by atoms with E-state index < -0.39 is 0 Å². The van der Waals surface area contributed by atoms with Gasteiger partial charge in [0.1, 0.15) is 0 Å². The molecule has 0 aromatic carbocycles.